The zero-order valence-corrected chi connectivity index (χ0v) is 8.66. The molecule has 0 bridgehead atoms. The number of imidazole rings is 1. The summed E-state index contributed by atoms with van der Waals surface area (Å²) in [5.41, 5.74) is 1.05. The Labute approximate surface area is 83.6 Å². The second-order valence-electron chi connectivity index (χ2n) is 3.49. The van der Waals surface area contributed by atoms with Crippen LogP contribution in [0.2, 0.25) is 0 Å². The lowest BCUT2D eigenvalue weighted by Gasteiger charge is -1.94. The monoisotopic (exact) mass is 196 g/mol. The minimum Gasteiger partial charge on any atom is -0.481 e. The number of carboxylic acid groups (broad SMARTS) is 1. The molecule has 0 aliphatic rings. The van der Waals surface area contributed by atoms with E-state index in [9.17, 15) is 4.79 Å². The van der Waals surface area contributed by atoms with Gasteiger partial charge in [-0.3, -0.25) is 4.79 Å². The van der Waals surface area contributed by atoms with Crippen LogP contribution in [-0.2, 0) is 18.3 Å². The van der Waals surface area contributed by atoms with E-state index in [2.05, 4.69) is 4.98 Å². The number of aliphatic carboxylic acids is 1. The Morgan fingerprint density at radius 2 is 2.29 bits per heavy atom. The van der Waals surface area contributed by atoms with Crippen LogP contribution in [0, 0.1) is 6.92 Å². The molecule has 1 aromatic rings. The molecule has 4 heteroatoms. The summed E-state index contributed by atoms with van der Waals surface area (Å²) in [5, 5.41) is 8.44. The highest BCUT2D eigenvalue weighted by Gasteiger charge is 2.01. The molecule has 0 aromatic carbocycles. The van der Waals surface area contributed by atoms with Gasteiger partial charge in [0.1, 0.15) is 5.82 Å². The van der Waals surface area contributed by atoms with E-state index >= 15 is 0 Å². The van der Waals surface area contributed by atoms with Crippen LogP contribution < -0.4 is 0 Å². The van der Waals surface area contributed by atoms with Crippen molar-refractivity contribution < 1.29 is 9.90 Å². The molecular weight excluding hydrogens is 180 g/mol. The molecule has 0 radical (unpaired) electrons. The molecule has 78 valence electrons. The second kappa shape index (κ2) is 4.79. The molecule has 1 heterocycles. The second-order valence-corrected chi connectivity index (χ2v) is 3.49. The van der Waals surface area contributed by atoms with Crippen molar-refractivity contribution in [3.63, 3.8) is 0 Å². The van der Waals surface area contributed by atoms with Crippen molar-refractivity contribution in [1.82, 2.24) is 9.55 Å². The summed E-state index contributed by atoms with van der Waals surface area (Å²) in [6.45, 7) is 1.96. The van der Waals surface area contributed by atoms with Gasteiger partial charge in [-0.1, -0.05) is 0 Å². The molecule has 0 unspecified atom stereocenters. The van der Waals surface area contributed by atoms with Gasteiger partial charge >= 0.3 is 5.97 Å². The number of aromatic nitrogens is 2. The average molecular weight is 196 g/mol. The van der Waals surface area contributed by atoms with E-state index < -0.39 is 5.97 Å². The molecule has 0 aliphatic heterocycles. The van der Waals surface area contributed by atoms with E-state index in [0.717, 1.165) is 30.8 Å². The predicted molar refractivity (Wildman–Crippen MR) is 53.1 cm³/mol. The Kier molecular flexibility index (Phi) is 3.68. The van der Waals surface area contributed by atoms with Crippen LogP contribution in [0.25, 0.3) is 0 Å². The molecule has 14 heavy (non-hydrogen) atoms. The van der Waals surface area contributed by atoms with E-state index in [0.29, 0.717) is 0 Å². The molecule has 1 rings (SSSR count). The Balaban J connectivity index is 2.28. The van der Waals surface area contributed by atoms with Crippen LogP contribution in [-0.4, -0.2) is 20.6 Å². The lowest BCUT2D eigenvalue weighted by atomic mass is 10.1. The van der Waals surface area contributed by atoms with Gasteiger partial charge in [0, 0.05) is 19.7 Å². The lowest BCUT2D eigenvalue weighted by Crippen LogP contribution is -1.95. The summed E-state index contributed by atoms with van der Waals surface area (Å²) in [7, 11) is 1.96. The van der Waals surface area contributed by atoms with E-state index in [4.69, 9.17) is 5.11 Å². The number of carboxylic acids is 1. The molecule has 1 N–H and O–H groups in total. The van der Waals surface area contributed by atoms with E-state index in [1.807, 2.05) is 24.7 Å². The summed E-state index contributed by atoms with van der Waals surface area (Å²) < 4.78 is 1.98. The summed E-state index contributed by atoms with van der Waals surface area (Å²) in [5.74, 6) is 0.278. The topological polar surface area (TPSA) is 55.1 Å². The molecule has 0 fully saturated rings. The maximum Gasteiger partial charge on any atom is 0.303 e. The Bertz CT molecular complexity index is 298. The highest BCUT2D eigenvalue weighted by Crippen LogP contribution is 2.06. The van der Waals surface area contributed by atoms with Crippen LogP contribution >= 0.6 is 0 Å². The Morgan fingerprint density at radius 1 is 1.57 bits per heavy atom. The number of unbranched alkanes of at least 4 members (excludes halogenated alkanes) is 1. The van der Waals surface area contributed by atoms with Crippen molar-refractivity contribution in [2.24, 2.45) is 7.05 Å². The number of rotatable bonds is 5. The Morgan fingerprint density at radius 3 is 2.79 bits per heavy atom. The minimum atomic E-state index is -0.720. The highest BCUT2D eigenvalue weighted by molar-refractivity contribution is 5.66. The van der Waals surface area contributed by atoms with Crippen molar-refractivity contribution in [3.05, 3.63) is 17.7 Å². The highest BCUT2D eigenvalue weighted by atomic mass is 16.4. The maximum atomic E-state index is 10.2. The van der Waals surface area contributed by atoms with Gasteiger partial charge in [0.25, 0.3) is 0 Å². The fourth-order valence-corrected chi connectivity index (χ4v) is 1.34. The van der Waals surface area contributed by atoms with E-state index in [1.165, 1.54) is 0 Å². The fourth-order valence-electron chi connectivity index (χ4n) is 1.34. The summed E-state index contributed by atoms with van der Waals surface area (Å²) >= 11 is 0. The molecular formula is C10H16N2O2. The first kappa shape index (κ1) is 10.8. The number of hydrogen-bond donors (Lipinski definition) is 1. The van der Waals surface area contributed by atoms with Gasteiger partial charge in [-0.05, 0) is 26.2 Å². The molecule has 1 aromatic heterocycles. The zero-order valence-electron chi connectivity index (χ0n) is 8.66. The number of carbonyl (C=O) groups is 1. The molecule has 0 amide bonds. The molecule has 0 aliphatic carbocycles. The predicted octanol–water partition coefficient (Wildman–Crippen LogP) is 1.53. The van der Waals surface area contributed by atoms with Gasteiger partial charge in [-0.15, -0.1) is 0 Å². The first-order valence-electron chi connectivity index (χ1n) is 4.80. The minimum absolute atomic E-state index is 0.256. The van der Waals surface area contributed by atoms with Gasteiger partial charge in [0.05, 0.1) is 5.69 Å². The Hall–Kier alpha value is -1.32. The van der Waals surface area contributed by atoms with Crippen LogP contribution in [0.1, 0.15) is 30.8 Å². The van der Waals surface area contributed by atoms with Gasteiger partial charge in [0.15, 0.2) is 0 Å². The van der Waals surface area contributed by atoms with Crippen LogP contribution in [0.3, 0.4) is 0 Å². The van der Waals surface area contributed by atoms with Crippen molar-refractivity contribution in [1.29, 1.82) is 0 Å². The summed E-state index contributed by atoms with van der Waals surface area (Å²) in [6, 6.07) is 0. The third-order valence-corrected chi connectivity index (χ3v) is 2.23. The normalized spacial score (nSPS) is 10.4. The van der Waals surface area contributed by atoms with Crippen molar-refractivity contribution in [2.45, 2.75) is 32.6 Å². The quantitative estimate of drug-likeness (QED) is 0.726. The van der Waals surface area contributed by atoms with E-state index in [-0.39, 0.29) is 6.42 Å². The third kappa shape index (κ3) is 3.20. The molecule has 4 nitrogen and oxygen atoms in total. The van der Waals surface area contributed by atoms with Gasteiger partial charge in [0.2, 0.25) is 0 Å². The fraction of sp³-hybridized carbons (Fsp3) is 0.600. The molecule has 0 saturated heterocycles. The smallest absolute Gasteiger partial charge is 0.303 e. The molecule has 0 spiro atoms. The summed E-state index contributed by atoms with van der Waals surface area (Å²) in [6.07, 6.45) is 4.74. The average Bonchev–Trinajstić information content (AvgIpc) is 2.40. The third-order valence-electron chi connectivity index (χ3n) is 2.23. The first-order valence-corrected chi connectivity index (χ1v) is 4.80. The lowest BCUT2D eigenvalue weighted by molar-refractivity contribution is -0.137. The summed E-state index contributed by atoms with van der Waals surface area (Å²) in [4.78, 5) is 14.6. The number of nitrogens with zero attached hydrogens (tertiary/aromatic N) is 2. The van der Waals surface area contributed by atoms with Gasteiger partial charge in [-0.25, -0.2) is 4.98 Å². The van der Waals surface area contributed by atoms with E-state index in [1.54, 1.807) is 0 Å². The van der Waals surface area contributed by atoms with Gasteiger partial charge in [-0.2, -0.15) is 0 Å². The van der Waals surface area contributed by atoms with Crippen LogP contribution in [0.5, 0.6) is 0 Å². The molecule has 0 atom stereocenters. The van der Waals surface area contributed by atoms with Crippen molar-refractivity contribution >= 4 is 5.97 Å². The zero-order chi connectivity index (χ0) is 10.6. The SMILES string of the molecule is Cc1nc(CCCCC(=O)O)cn1C. The standard InChI is InChI=1S/C10H16N2O2/c1-8-11-9(7-12(8)2)5-3-4-6-10(13)14/h7H,3-6H2,1-2H3,(H,13,14). The van der Waals surface area contributed by atoms with Crippen molar-refractivity contribution in [2.75, 3.05) is 0 Å². The molecule has 0 saturated carbocycles. The van der Waals surface area contributed by atoms with Crippen LogP contribution in [0.4, 0.5) is 0 Å². The largest absolute Gasteiger partial charge is 0.481 e. The number of aryl methyl sites for hydroxylation is 3. The number of hydrogen-bond acceptors (Lipinski definition) is 2. The maximum absolute atomic E-state index is 10.2. The van der Waals surface area contributed by atoms with Crippen LogP contribution in [0.15, 0.2) is 6.20 Å². The van der Waals surface area contributed by atoms with Crippen molar-refractivity contribution in [3.8, 4) is 0 Å². The van der Waals surface area contributed by atoms with Gasteiger partial charge < -0.3 is 9.67 Å². The first-order chi connectivity index (χ1) is 6.59.